The van der Waals surface area contributed by atoms with Crippen LogP contribution in [-0.2, 0) is 0 Å². The highest BCUT2D eigenvalue weighted by Gasteiger charge is 2.13. The van der Waals surface area contributed by atoms with Gasteiger partial charge in [0.1, 0.15) is 0 Å². The Bertz CT molecular complexity index is 347. The highest BCUT2D eigenvalue weighted by atomic mass is 14.9. The van der Waals surface area contributed by atoms with E-state index in [-0.39, 0.29) is 0 Å². The Morgan fingerprint density at radius 2 is 2.22 bits per heavy atom. The lowest BCUT2D eigenvalue weighted by Crippen LogP contribution is -2.22. The van der Waals surface area contributed by atoms with E-state index in [1.165, 1.54) is 36.9 Å². The van der Waals surface area contributed by atoms with Crippen molar-refractivity contribution in [2.75, 3.05) is 6.54 Å². The van der Waals surface area contributed by atoms with Crippen LogP contribution in [0.5, 0.6) is 0 Å². The van der Waals surface area contributed by atoms with Crippen molar-refractivity contribution in [1.82, 2.24) is 10.3 Å². The van der Waals surface area contributed by atoms with Gasteiger partial charge in [-0.2, -0.15) is 0 Å². The predicted molar refractivity (Wildman–Crippen MR) is 78.7 cm³/mol. The van der Waals surface area contributed by atoms with Gasteiger partial charge in [-0.3, -0.25) is 4.98 Å². The Morgan fingerprint density at radius 1 is 1.39 bits per heavy atom. The van der Waals surface area contributed by atoms with E-state index in [1.54, 1.807) is 0 Å². The van der Waals surface area contributed by atoms with Crippen LogP contribution in [0, 0.1) is 6.92 Å². The number of nitrogens with one attached hydrogen (secondary N) is 1. The monoisotopic (exact) mass is 246 g/mol. The zero-order chi connectivity index (χ0) is 13.2. The van der Waals surface area contributed by atoms with Crippen LogP contribution in [-0.4, -0.2) is 11.5 Å². The summed E-state index contributed by atoms with van der Waals surface area (Å²) < 4.78 is 0. The average molecular weight is 246 g/mol. The van der Waals surface area contributed by atoms with Gasteiger partial charge in [-0.1, -0.05) is 31.9 Å². The fourth-order valence-corrected chi connectivity index (χ4v) is 2.26. The Morgan fingerprint density at radius 3 is 2.89 bits per heavy atom. The van der Waals surface area contributed by atoms with Gasteiger partial charge in [0.15, 0.2) is 0 Å². The van der Waals surface area contributed by atoms with E-state index in [0.29, 0.717) is 6.04 Å². The molecule has 1 aromatic heterocycles. The molecule has 0 aliphatic rings. The van der Waals surface area contributed by atoms with Crippen molar-refractivity contribution < 1.29 is 0 Å². The summed E-state index contributed by atoms with van der Waals surface area (Å²) in [7, 11) is 0. The lowest BCUT2D eigenvalue weighted by molar-refractivity contribution is 0.472. The van der Waals surface area contributed by atoms with Gasteiger partial charge in [-0.25, -0.2) is 0 Å². The molecule has 0 bridgehead atoms. The van der Waals surface area contributed by atoms with Crippen LogP contribution < -0.4 is 5.32 Å². The van der Waals surface area contributed by atoms with Crippen LogP contribution in [0.25, 0.3) is 0 Å². The first kappa shape index (κ1) is 14.9. The first-order valence-corrected chi connectivity index (χ1v) is 7.05. The van der Waals surface area contributed by atoms with Crippen LogP contribution in [0.15, 0.2) is 31.0 Å². The Labute approximate surface area is 112 Å². The number of hydrogen-bond donors (Lipinski definition) is 1. The molecule has 1 atom stereocenters. The number of pyridine rings is 1. The van der Waals surface area contributed by atoms with Crippen LogP contribution in [0.1, 0.15) is 56.3 Å². The van der Waals surface area contributed by atoms with E-state index in [2.05, 4.69) is 36.8 Å². The minimum absolute atomic E-state index is 0.403. The van der Waals surface area contributed by atoms with Crippen LogP contribution in [0.3, 0.4) is 0 Å². The van der Waals surface area contributed by atoms with Crippen LogP contribution >= 0.6 is 0 Å². The Balaban J connectivity index is 2.49. The molecule has 0 saturated carbocycles. The van der Waals surface area contributed by atoms with Gasteiger partial charge < -0.3 is 5.32 Å². The van der Waals surface area contributed by atoms with Gasteiger partial charge in [0.05, 0.1) is 5.69 Å². The second kappa shape index (κ2) is 8.87. The largest absolute Gasteiger partial charge is 0.309 e. The molecule has 0 spiro atoms. The standard InChI is InChI=1S/C16H26N2/c1-4-6-7-8-9-12-15(17-5-2)16-14(3)11-10-13-18-16/h4,10-11,13,15,17H,1,5-9,12H2,2-3H3. The van der Waals surface area contributed by atoms with E-state index < -0.39 is 0 Å². The molecule has 0 fully saturated rings. The normalized spacial score (nSPS) is 12.3. The minimum Gasteiger partial charge on any atom is -0.309 e. The van der Waals surface area contributed by atoms with Gasteiger partial charge >= 0.3 is 0 Å². The average Bonchev–Trinajstić information content (AvgIpc) is 2.38. The molecule has 0 amide bonds. The van der Waals surface area contributed by atoms with E-state index in [0.717, 1.165) is 13.0 Å². The SMILES string of the molecule is C=CCCCCCC(NCC)c1ncccc1C. The van der Waals surface area contributed by atoms with Gasteiger partial charge in [0.25, 0.3) is 0 Å². The number of allylic oxidation sites excluding steroid dienone is 1. The van der Waals surface area contributed by atoms with Crippen molar-refractivity contribution in [3.05, 3.63) is 42.2 Å². The van der Waals surface area contributed by atoms with Crippen molar-refractivity contribution in [3.63, 3.8) is 0 Å². The number of aryl methyl sites for hydroxylation is 1. The summed E-state index contributed by atoms with van der Waals surface area (Å²) in [5.41, 5.74) is 2.50. The van der Waals surface area contributed by atoms with Gasteiger partial charge in [0, 0.05) is 12.2 Å². The number of nitrogens with zero attached hydrogens (tertiary/aromatic N) is 1. The highest BCUT2D eigenvalue weighted by Crippen LogP contribution is 2.21. The molecule has 0 aliphatic carbocycles. The maximum absolute atomic E-state index is 4.53. The third-order valence-corrected chi connectivity index (χ3v) is 3.23. The maximum Gasteiger partial charge on any atom is 0.0602 e. The van der Waals surface area contributed by atoms with Gasteiger partial charge in [-0.15, -0.1) is 6.58 Å². The third-order valence-electron chi connectivity index (χ3n) is 3.23. The van der Waals surface area contributed by atoms with E-state index in [4.69, 9.17) is 0 Å². The first-order valence-electron chi connectivity index (χ1n) is 7.05. The summed E-state index contributed by atoms with van der Waals surface area (Å²) in [5, 5.41) is 3.55. The second-order valence-corrected chi connectivity index (χ2v) is 4.74. The second-order valence-electron chi connectivity index (χ2n) is 4.74. The van der Waals surface area contributed by atoms with E-state index in [1.807, 2.05) is 18.3 Å². The van der Waals surface area contributed by atoms with Crippen LogP contribution in [0.2, 0.25) is 0 Å². The van der Waals surface area contributed by atoms with E-state index in [9.17, 15) is 0 Å². The third kappa shape index (κ3) is 5.01. The lowest BCUT2D eigenvalue weighted by Gasteiger charge is -2.19. The predicted octanol–water partition coefficient (Wildman–Crippen LogP) is 4.18. The van der Waals surface area contributed by atoms with Crippen molar-refractivity contribution in [1.29, 1.82) is 0 Å². The van der Waals surface area contributed by atoms with Gasteiger partial charge in [0.2, 0.25) is 0 Å². The molecule has 2 heteroatoms. The summed E-state index contributed by atoms with van der Waals surface area (Å²) in [6, 6.07) is 4.55. The fourth-order valence-electron chi connectivity index (χ4n) is 2.26. The molecule has 100 valence electrons. The van der Waals surface area contributed by atoms with Crippen molar-refractivity contribution >= 4 is 0 Å². The minimum atomic E-state index is 0.403. The molecule has 0 saturated heterocycles. The van der Waals surface area contributed by atoms with Crippen molar-refractivity contribution in [2.45, 2.75) is 52.0 Å². The Hall–Kier alpha value is -1.15. The number of unbranched alkanes of at least 4 members (excludes halogenated alkanes) is 3. The van der Waals surface area contributed by atoms with Crippen molar-refractivity contribution in [2.24, 2.45) is 0 Å². The zero-order valence-corrected chi connectivity index (χ0v) is 11.8. The number of hydrogen-bond acceptors (Lipinski definition) is 2. The molecule has 0 aliphatic heterocycles. The molecule has 1 N–H and O–H groups in total. The Kier molecular flexibility index (Phi) is 7.35. The molecular formula is C16H26N2. The molecule has 18 heavy (non-hydrogen) atoms. The number of aromatic nitrogens is 1. The summed E-state index contributed by atoms with van der Waals surface area (Å²) in [6.45, 7) is 9.05. The molecule has 1 heterocycles. The highest BCUT2D eigenvalue weighted by molar-refractivity contribution is 5.21. The zero-order valence-electron chi connectivity index (χ0n) is 11.8. The molecule has 0 aromatic carbocycles. The molecular weight excluding hydrogens is 220 g/mol. The smallest absolute Gasteiger partial charge is 0.0602 e. The quantitative estimate of drug-likeness (QED) is 0.522. The topological polar surface area (TPSA) is 24.9 Å². The maximum atomic E-state index is 4.53. The number of rotatable bonds is 9. The molecule has 1 aromatic rings. The molecule has 0 radical (unpaired) electrons. The molecule has 1 rings (SSSR count). The van der Waals surface area contributed by atoms with E-state index >= 15 is 0 Å². The molecule has 2 nitrogen and oxygen atoms in total. The van der Waals surface area contributed by atoms with Crippen LogP contribution in [0.4, 0.5) is 0 Å². The molecule has 1 unspecified atom stereocenters. The first-order chi connectivity index (χ1) is 8.79. The summed E-state index contributed by atoms with van der Waals surface area (Å²) in [4.78, 5) is 4.53. The van der Waals surface area contributed by atoms with Gasteiger partial charge in [-0.05, 0) is 44.4 Å². The fraction of sp³-hybridized carbons (Fsp3) is 0.562. The summed E-state index contributed by atoms with van der Waals surface area (Å²) in [6.07, 6.45) is 9.98. The van der Waals surface area contributed by atoms with Crippen molar-refractivity contribution in [3.8, 4) is 0 Å². The summed E-state index contributed by atoms with van der Waals surface area (Å²) in [5.74, 6) is 0. The lowest BCUT2D eigenvalue weighted by atomic mass is 10.0. The summed E-state index contributed by atoms with van der Waals surface area (Å²) >= 11 is 0.